The fraction of sp³-hybridized carbons (Fsp3) is 0.478. The molecule has 0 atom stereocenters. The minimum absolute atomic E-state index is 0.138. The minimum Gasteiger partial charge on any atom is -0.493 e. The Labute approximate surface area is 192 Å². The van der Waals surface area contributed by atoms with E-state index in [1.807, 2.05) is 52.0 Å². The van der Waals surface area contributed by atoms with Gasteiger partial charge in [-0.25, -0.2) is 4.79 Å². The number of hydrogen-bond acceptors (Lipinski definition) is 8. The first-order valence-corrected chi connectivity index (χ1v) is 11.3. The summed E-state index contributed by atoms with van der Waals surface area (Å²) in [5, 5.41) is 4.11. The fourth-order valence-corrected chi connectivity index (χ4v) is 3.62. The summed E-state index contributed by atoms with van der Waals surface area (Å²) in [5.74, 6) is 1.73. The lowest BCUT2D eigenvalue weighted by molar-refractivity contribution is 0.340. The SMILES string of the molecule is CCCCn1c(N)c(N(Cc2nc(-c3ccccc3OCC)no2)CC(C)C)c(=O)[nH]c1=O. The van der Waals surface area contributed by atoms with Crippen molar-refractivity contribution in [2.24, 2.45) is 5.92 Å². The quantitative estimate of drug-likeness (QED) is 0.450. The average Bonchev–Trinajstić information content (AvgIpc) is 3.22. The van der Waals surface area contributed by atoms with Crippen molar-refractivity contribution in [2.75, 3.05) is 23.8 Å². The highest BCUT2D eigenvalue weighted by molar-refractivity contribution is 5.64. The molecule has 3 aromatic rings. The van der Waals surface area contributed by atoms with Crippen molar-refractivity contribution in [3.63, 3.8) is 0 Å². The van der Waals surface area contributed by atoms with Crippen molar-refractivity contribution < 1.29 is 9.26 Å². The van der Waals surface area contributed by atoms with E-state index < -0.39 is 11.2 Å². The van der Waals surface area contributed by atoms with Gasteiger partial charge in [0.15, 0.2) is 0 Å². The average molecular weight is 457 g/mol. The van der Waals surface area contributed by atoms with Gasteiger partial charge in [-0.1, -0.05) is 44.5 Å². The van der Waals surface area contributed by atoms with Gasteiger partial charge in [0.25, 0.3) is 5.56 Å². The first-order chi connectivity index (χ1) is 15.8. The summed E-state index contributed by atoms with van der Waals surface area (Å²) in [6.45, 7) is 9.61. The second kappa shape index (κ2) is 10.8. The van der Waals surface area contributed by atoms with Crippen LogP contribution in [0.4, 0.5) is 11.5 Å². The summed E-state index contributed by atoms with van der Waals surface area (Å²) in [7, 11) is 0. The van der Waals surface area contributed by atoms with Crippen molar-refractivity contribution in [1.29, 1.82) is 0 Å². The van der Waals surface area contributed by atoms with Crippen molar-refractivity contribution in [2.45, 2.75) is 53.6 Å². The van der Waals surface area contributed by atoms with Crippen molar-refractivity contribution >= 4 is 11.5 Å². The summed E-state index contributed by atoms with van der Waals surface area (Å²) in [5.41, 5.74) is 6.23. The molecule has 3 N–H and O–H groups in total. The third-order valence-corrected chi connectivity index (χ3v) is 5.07. The Bertz CT molecular complexity index is 1180. The molecule has 10 heteroatoms. The minimum atomic E-state index is -0.535. The molecule has 0 bridgehead atoms. The maximum Gasteiger partial charge on any atom is 0.330 e. The number of aromatic amines is 1. The number of ether oxygens (including phenoxy) is 1. The number of benzene rings is 1. The van der Waals surface area contributed by atoms with E-state index in [1.165, 1.54) is 4.57 Å². The monoisotopic (exact) mass is 456 g/mol. The molecule has 0 aliphatic heterocycles. The molecular formula is C23H32N6O4. The fourth-order valence-electron chi connectivity index (χ4n) is 3.62. The van der Waals surface area contributed by atoms with Gasteiger partial charge in [-0.05, 0) is 31.4 Å². The van der Waals surface area contributed by atoms with Crippen LogP contribution >= 0.6 is 0 Å². The lowest BCUT2D eigenvalue weighted by Crippen LogP contribution is -2.39. The summed E-state index contributed by atoms with van der Waals surface area (Å²) < 4.78 is 12.6. The Balaban J connectivity index is 1.97. The third-order valence-electron chi connectivity index (χ3n) is 5.07. The highest BCUT2D eigenvalue weighted by Gasteiger charge is 2.23. The molecular weight excluding hydrogens is 424 g/mol. The normalized spacial score (nSPS) is 11.2. The molecule has 10 nitrogen and oxygen atoms in total. The van der Waals surface area contributed by atoms with Gasteiger partial charge in [0, 0.05) is 13.1 Å². The lowest BCUT2D eigenvalue weighted by Gasteiger charge is -2.26. The van der Waals surface area contributed by atoms with Gasteiger partial charge in [0.2, 0.25) is 11.7 Å². The number of para-hydroxylation sites is 1. The molecule has 0 saturated carbocycles. The van der Waals surface area contributed by atoms with E-state index in [1.54, 1.807) is 4.90 Å². The maximum atomic E-state index is 12.8. The molecule has 0 aliphatic carbocycles. The van der Waals surface area contributed by atoms with Crippen LogP contribution in [0.5, 0.6) is 5.75 Å². The zero-order valence-electron chi connectivity index (χ0n) is 19.6. The Kier molecular flexibility index (Phi) is 7.92. The third kappa shape index (κ3) is 5.63. The van der Waals surface area contributed by atoms with Crippen molar-refractivity contribution in [3.8, 4) is 17.1 Å². The number of anilines is 2. The molecule has 178 valence electrons. The van der Waals surface area contributed by atoms with Gasteiger partial charge in [0.1, 0.15) is 17.3 Å². The van der Waals surface area contributed by atoms with Gasteiger partial charge in [-0.2, -0.15) is 4.98 Å². The smallest absolute Gasteiger partial charge is 0.330 e. The zero-order valence-corrected chi connectivity index (χ0v) is 19.6. The number of unbranched alkanes of at least 4 members (excludes halogenated alkanes) is 1. The number of aromatic nitrogens is 4. The molecule has 2 aromatic heterocycles. The number of hydrogen-bond donors (Lipinski definition) is 2. The number of nitrogens with one attached hydrogen (secondary N) is 1. The van der Waals surface area contributed by atoms with Crippen LogP contribution < -0.4 is 26.6 Å². The molecule has 33 heavy (non-hydrogen) atoms. The molecule has 0 amide bonds. The summed E-state index contributed by atoms with van der Waals surface area (Å²) >= 11 is 0. The van der Waals surface area contributed by atoms with Gasteiger partial charge < -0.3 is 19.9 Å². The van der Waals surface area contributed by atoms with Crippen LogP contribution in [0.2, 0.25) is 0 Å². The van der Waals surface area contributed by atoms with Gasteiger partial charge in [0.05, 0.1) is 18.7 Å². The molecule has 1 aromatic carbocycles. The predicted octanol–water partition coefficient (Wildman–Crippen LogP) is 3.03. The maximum absolute atomic E-state index is 12.8. The molecule has 2 heterocycles. The summed E-state index contributed by atoms with van der Waals surface area (Å²) in [6.07, 6.45) is 1.66. The summed E-state index contributed by atoms with van der Waals surface area (Å²) in [6, 6.07) is 7.46. The van der Waals surface area contributed by atoms with Gasteiger partial charge >= 0.3 is 5.69 Å². The molecule has 0 unspecified atom stereocenters. The first-order valence-electron chi connectivity index (χ1n) is 11.3. The van der Waals surface area contributed by atoms with Gasteiger partial charge in [-0.3, -0.25) is 14.3 Å². The van der Waals surface area contributed by atoms with Crippen LogP contribution in [0.25, 0.3) is 11.4 Å². The Morgan fingerprint density at radius 1 is 1.24 bits per heavy atom. The molecule has 0 saturated heterocycles. The molecule has 0 aliphatic rings. The molecule has 3 rings (SSSR count). The van der Waals surface area contributed by atoms with E-state index in [2.05, 4.69) is 15.1 Å². The summed E-state index contributed by atoms with van der Waals surface area (Å²) in [4.78, 5) is 33.8. The number of nitrogen functional groups attached to an aromatic ring is 1. The van der Waals surface area contributed by atoms with E-state index in [0.717, 1.165) is 18.4 Å². The molecule has 0 spiro atoms. The highest BCUT2D eigenvalue weighted by Crippen LogP contribution is 2.28. The largest absolute Gasteiger partial charge is 0.493 e. The van der Waals surface area contributed by atoms with Crippen LogP contribution in [-0.4, -0.2) is 32.8 Å². The Morgan fingerprint density at radius 2 is 2.00 bits per heavy atom. The predicted molar refractivity (Wildman–Crippen MR) is 127 cm³/mol. The standard InChI is InChI=1S/C23H32N6O4/c1-5-7-12-29-20(24)19(22(30)26-23(29)31)28(13-15(3)4)14-18-25-21(27-33-18)16-10-8-9-11-17(16)32-6-2/h8-11,15H,5-7,12-14,24H2,1-4H3,(H,26,30,31). The highest BCUT2D eigenvalue weighted by atomic mass is 16.5. The van der Waals surface area contributed by atoms with Gasteiger partial charge in [-0.15, -0.1) is 0 Å². The zero-order chi connectivity index (χ0) is 24.0. The van der Waals surface area contributed by atoms with Crippen LogP contribution in [0.3, 0.4) is 0 Å². The number of nitrogens with zero attached hydrogens (tertiary/aromatic N) is 4. The first kappa shape index (κ1) is 24.1. The van der Waals surface area contributed by atoms with Crippen LogP contribution in [0.15, 0.2) is 38.4 Å². The van der Waals surface area contributed by atoms with E-state index in [-0.39, 0.29) is 24.0 Å². The van der Waals surface area contributed by atoms with Crippen LogP contribution in [-0.2, 0) is 13.1 Å². The van der Waals surface area contributed by atoms with Crippen LogP contribution in [0.1, 0.15) is 46.4 Å². The van der Waals surface area contributed by atoms with Crippen LogP contribution in [0, 0.1) is 5.92 Å². The van der Waals surface area contributed by atoms with Crippen molar-refractivity contribution in [3.05, 3.63) is 51.0 Å². The van der Waals surface area contributed by atoms with E-state index in [0.29, 0.717) is 37.2 Å². The molecule has 0 radical (unpaired) electrons. The molecule has 0 fully saturated rings. The Hall–Kier alpha value is -3.56. The van der Waals surface area contributed by atoms with E-state index in [9.17, 15) is 9.59 Å². The van der Waals surface area contributed by atoms with E-state index >= 15 is 0 Å². The lowest BCUT2D eigenvalue weighted by atomic mass is 10.2. The number of H-pyrrole nitrogens is 1. The Morgan fingerprint density at radius 3 is 2.70 bits per heavy atom. The number of rotatable bonds is 11. The second-order valence-corrected chi connectivity index (χ2v) is 8.21. The number of nitrogens with two attached hydrogens (primary N) is 1. The van der Waals surface area contributed by atoms with E-state index in [4.69, 9.17) is 15.0 Å². The topological polar surface area (TPSA) is 132 Å². The van der Waals surface area contributed by atoms with Crippen molar-refractivity contribution in [1.82, 2.24) is 19.7 Å². The second-order valence-electron chi connectivity index (χ2n) is 8.21.